The zero-order chi connectivity index (χ0) is 15.4. The van der Waals surface area contributed by atoms with Gasteiger partial charge in [0.25, 0.3) is 0 Å². The average Bonchev–Trinajstić information content (AvgIpc) is 2.47. The number of nitrogens with zero attached hydrogens (tertiary/aromatic N) is 2. The zero-order valence-electron chi connectivity index (χ0n) is 11.5. The first-order valence-electron chi connectivity index (χ1n) is 6.01. The molecular formula is C14H14BrN3O3. The fourth-order valence-corrected chi connectivity index (χ4v) is 2.14. The van der Waals surface area contributed by atoms with Crippen molar-refractivity contribution >= 4 is 21.8 Å². The summed E-state index contributed by atoms with van der Waals surface area (Å²) in [6.07, 6.45) is 0. The van der Waals surface area contributed by atoms with Gasteiger partial charge in [0.1, 0.15) is 11.5 Å². The van der Waals surface area contributed by atoms with Crippen LogP contribution >= 0.6 is 15.9 Å². The molecule has 1 aromatic heterocycles. The second kappa shape index (κ2) is 6.45. The Hall–Kier alpha value is -2.28. The van der Waals surface area contributed by atoms with E-state index >= 15 is 0 Å². The van der Waals surface area contributed by atoms with Gasteiger partial charge < -0.3 is 20.4 Å². The third kappa shape index (κ3) is 3.63. The number of aromatic nitrogens is 1. The van der Waals surface area contributed by atoms with Crippen LogP contribution in [-0.2, 0) is 0 Å². The van der Waals surface area contributed by atoms with E-state index in [-0.39, 0.29) is 5.84 Å². The number of rotatable bonds is 4. The number of hydrogen-bond acceptors (Lipinski definition) is 5. The number of benzene rings is 1. The first-order valence-corrected chi connectivity index (χ1v) is 6.80. The maximum atomic E-state index is 8.74. The van der Waals surface area contributed by atoms with Crippen LogP contribution in [0, 0.1) is 6.92 Å². The number of methoxy groups -OCH3 is 1. The molecule has 1 heterocycles. The molecule has 0 fully saturated rings. The molecule has 0 spiro atoms. The summed E-state index contributed by atoms with van der Waals surface area (Å²) in [6.45, 7) is 1.80. The lowest BCUT2D eigenvalue weighted by Crippen LogP contribution is -2.13. The molecule has 0 unspecified atom stereocenters. The van der Waals surface area contributed by atoms with Crippen LogP contribution in [0.4, 0.5) is 0 Å². The SMILES string of the molecule is COc1ccc(Oc2cc(/C(N)=N/O)cc(C)n2)c(Br)c1. The molecule has 0 aliphatic heterocycles. The fourth-order valence-electron chi connectivity index (χ4n) is 1.70. The number of halogens is 1. The predicted molar refractivity (Wildman–Crippen MR) is 82.3 cm³/mol. The van der Waals surface area contributed by atoms with Gasteiger partial charge in [-0.3, -0.25) is 0 Å². The van der Waals surface area contributed by atoms with Crippen LogP contribution in [0.3, 0.4) is 0 Å². The molecule has 0 aliphatic carbocycles. The van der Waals surface area contributed by atoms with Gasteiger partial charge >= 0.3 is 0 Å². The Morgan fingerprint density at radius 2 is 2.10 bits per heavy atom. The fraction of sp³-hybridized carbons (Fsp3) is 0.143. The van der Waals surface area contributed by atoms with E-state index in [0.717, 1.165) is 4.47 Å². The highest BCUT2D eigenvalue weighted by Crippen LogP contribution is 2.32. The lowest BCUT2D eigenvalue weighted by Gasteiger charge is -2.10. The lowest BCUT2D eigenvalue weighted by atomic mass is 10.2. The molecule has 0 radical (unpaired) electrons. The van der Waals surface area contributed by atoms with E-state index in [2.05, 4.69) is 26.1 Å². The molecule has 2 aromatic rings. The van der Waals surface area contributed by atoms with Crippen LogP contribution in [-0.4, -0.2) is 23.1 Å². The summed E-state index contributed by atoms with van der Waals surface area (Å²) in [6, 6.07) is 8.62. The lowest BCUT2D eigenvalue weighted by molar-refractivity contribution is 0.318. The van der Waals surface area contributed by atoms with Gasteiger partial charge in [-0.05, 0) is 47.1 Å². The molecule has 0 atom stereocenters. The number of hydrogen-bond donors (Lipinski definition) is 2. The molecule has 21 heavy (non-hydrogen) atoms. The predicted octanol–water partition coefficient (Wildman–Crippen LogP) is 3.05. The highest BCUT2D eigenvalue weighted by Gasteiger charge is 2.09. The van der Waals surface area contributed by atoms with E-state index in [4.69, 9.17) is 20.4 Å². The Morgan fingerprint density at radius 3 is 2.71 bits per heavy atom. The normalized spacial score (nSPS) is 11.3. The topological polar surface area (TPSA) is 90.0 Å². The maximum absolute atomic E-state index is 8.74. The van der Waals surface area contributed by atoms with Gasteiger partial charge in [-0.2, -0.15) is 0 Å². The van der Waals surface area contributed by atoms with Crippen LogP contribution in [0.5, 0.6) is 17.4 Å². The molecule has 3 N–H and O–H groups in total. The number of ether oxygens (including phenoxy) is 2. The number of oxime groups is 1. The van der Waals surface area contributed by atoms with E-state index in [9.17, 15) is 0 Å². The standard InChI is InChI=1S/C14H14BrN3O3/c1-8-5-9(14(16)18-19)6-13(17-8)21-12-4-3-10(20-2)7-11(12)15/h3-7,19H,1-2H3,(H2,16,18). The smallest absolute Gasteiger partial charge is 0.220 e. The average molecular weight is 352 g/mol. The van der Waals surface area contributed by atoms with Crippen LogP contribution < -0.4 is 15.2 Å². The van der Waals surface area contributed by atoms with E-state index in [1.807, 2.05) is 0 Å². The van der Waals surface area contributed by atoms with Crippen molar-refractivity contribution in [2.24, 2.45) is 10.9 Å². The monoisotopic (exact) mass is 351 g/mol. The van der Waals surface area contributed by atoms with E-state index < -0.39 is 0 Å². The third-order valence-corrected chi connectivity index (χ3v) is 3.31. The van der Waals surface area contributed by atoms with Gasteiger partial charge in [0.2, 0.25) is 5.88 Å². The van der Waals surface area contributed by atoms with Crippen molar-refractivity contribution in [3.63, 3.8) is 0 Å². The minimum atomic E-state index is -0.000790. The van der Waals surface area contributed by atoms with Crippen molar-refractivity contribution in [3.8, 4) is 17.4 Å². The molecule has 0 bridgehead atoms. The highest BCUT2D eigenvalue weighted by molar-refractivity contribution is 9.10. The minimum absolute atomic E-state index is 0.000790. The Morgan fingerprint density at radius 1 is 1.33 bits per heavy atom. The van der Waals surface area contributed by atoms with E-state index in [1.54, 1.807) is 44.4 Å². The molecule has 0 saturated heterocycles. The second-order valence-corrected chi connectivity index (χ2v) is 5.07. The largest absolute Gasteiger partial charge is 0.497 e. The van der Waals surface area contributed by atoms with Gasteiger partial charge in [0.05, 0.1) is 11.6 Å². The molecule has 0 aliphatic rings. The number of aryl methyl sites for hydroxylation is 1. The summed E-state index contributed by atoms with van der Waals surface area (Å²) in [7, 11) is 1.59. The Labute approximate surface area is 130 Å². The summed E-state index contributed by atoms with van der Waals surface area (Å²) in [5, 5.41) is 11.7. The van der Waals surface area contributed by atoms with Crippen LogP contribution in [0.25, 0.3) is 0 Å². The van der Waals surface area contributed by atoms with Crippen molar-refractivity contribution in [1.82, 2.24) is 4.98 Å². The highest BCUT2D eigenvalue weighted by atomic mass is 79.9. The molecule has 0 saturated carbocycles. The Balaban J connectivity index is 2.33. The number of nitrogens with two attached hydrogens (primary N) is 1. The molecule has 7 heteroatoms. The Kier molecular flexibility index (Phi) is 4.64. The maximum Gasteiger partial charge on any atom is 0.220 e. The van der Waals surface area contributed by atoms with Crippen molar-refractivity contribution < 1.29 is 14.7 Å². The number of amidine groups is 1. The van der Waals surface area contributed by atoms with Gasteiger partial charge in [0.15, 0.2) is 5.84 Å². The number of pyridine rings is 1. The van der Waals surface area contributed by atoms with Gasteiger partial charge in [-0.1, -0.05) is 5.16 Å². The van der Waals surface area contributed by atoms with Crippen LogP contribution in [0.15, 0.2) is 40.0 Å². The zero-order valence-corrected chi connectivity index (χ0v) is 13.1. The van der Waals surface area contributed by atoms with Crippen LogP contribution in [0.2, 0.25) is 0 Å². The van der Waals surface area contributed by atoms with Crippen molar-refractivity contribution in [1.29, 1.82) is 0 Å². The second-order valence-electron chi connectivity index (χ2n) is 4.22. The third-order valence-electron chi connectivity index (χ3n) is 2.69. The van der Waals surface area contributed by atoms with Crippen LogP contribution in [0.1, 0.15) is 11.3 Å². The molecule has 1 aromatic carbocycles. The molecule has 2 rings (SSSR count). The van der Waals surface area contributed by atoms with Crippen molar-refractivity contribution in [2.75, 3.05) is 7.11 Å². The van der Waals surface area contributed by atoms with Crippen molar-refractivity contribution in [3.05, 3.63) is 46.1 Å². The summed E-state index contributed by atoms with van der Waals surface area (Å²) in [5.74, 6) is 1.64. The van der Waals surface area contributed by atoms with Crippen molar-refractivity contribution in [2.45, 2.75) is 6.92 Å². The molecule has 110 valence electrons. The van der Waals surface area contributed by atoms with Gasteiger partial charge in [-0.15, -0.1) is 0 Å². The molecule has 0 amide bonds. The summed E-state index contributed by atoms with van der Waals surface area (Å²) >= 11 is 3.40. The van der Waals surface area contributed by atoms with E-state index in [0.29, 0.717) is 28.6 Å². The molecular weight excluding hydrogens is 338 g/mol. The Bertz CT molecular complexity index is 689. The molecule has 6 nitrogen and oxygen atoms in total. The summed E-state index contributed by atoms with van der Waals surface area (Å²) in [5.41, 5.74) is 6.81. The van der Waals surface area contributed by atoms with E-state index in [1.165, 1.54) is 0 Å². The quantitative estimate of drug-likeness (QED) is 0.382. The van der Waals surface area contributed by atoms with Gasteiger partial charge in [-0.25, -0.2) is 4.98 Å². The summed E-state index contributed by atoms with van der Waals surface area (Å²) in [4.78, 5) is 4.26. The summed E-state index contributed by atoms with van der Waals surface area (Å²) < 4.78 is 11.6. The minimum Gasteiger partial charge on any atom is -0.497 e. The first kappa shape index (κ1) is 15.1. The first-order chi connectivity index (χ1) is 10.0. The van der Waals surface area contributed by atoms with Gasteiger partial charge in [0, 0.05) is 17.3 Å².